The highest BCUT2D eigenvalue weighted by molar-refractivity contribution is 8.02. The second-order valence-electron chi connectivity index (χ2n) is 5.98. The van der Waals surface area contributed by atoms with Gasteiger partial charge in [-0.1, -0.05) is 29.5 Å². The monoisotopic (exact) mass is 364 g/mol. The van der Waals surface area contributed by atoms with E-state index in [1.54, 1.807) is 40.7 Å². The summed E-state index contributed by atoms with van der Waals surface area (Å²) in [6.45, 7) is 0.328. The number of carbonyl (C=O) groups excluding carboxylic acids is 2. The Bertz CT molecular complexity index is 1080. The van der Waals surface area contributed by atoms with Crippen molar-refractivity contribution in [2.24, 2.45) is 0 Å². The first-order chi connectivity index (χ1) is 12.7. The van der Waals surface area contributed by atoms with E-state index in [0.29, 0.717) is 34.8 Å². The normalized spacial score (nSPS) is 15.5. The Kier molecular flexibility index (Phi) is 3.32. The van der Waals surface area contributed by atoms with Gasteiger partial charge in [-0.2, -0.15) is 0 Å². The van der Waals surface area contributed by atoms with Crippen LogP contribution in [0.2, 0.25) is 0 Å². The van der Waals surface area contributed by atoms with Crippen LogP contribution in [0.25, 0.3) is 11.3 Å². The summed E-state index contributed by atoms with van der Waals surface area (Å²) in [4.78, 5) is 26.6. The first-order valence-corrected chi connectivity index (χ1v) is 9.02. The van der Waals surface area contributed by atoms with Crippen molar-refractivity contribution < 1.29 is 14.0 Å². The van der Waals surface area contributed by atoms with Crippen molar-refractivity contribution in [1.82, 2.24) is 15.0 Å². The number of ketones is 2. The molecular weight excluding hydrogens is 352 g/mol. The van der Waals surface area contributed by atoms with Gasteiger partial charge in [-0.05, 0) is 11.5 Å². The van der Waals surface area contributed by atoms with E-state index in [0.717, 1.165) is 11.7 Å². The minimum absolute atomic E-state index is 0.308. The average Bonchev–Trinajstić information content (AvgIpc) is 3.40. The molecule has 0 saturated carbocycles. The van der Waals surface area contributed by atoms with E-state index in [9.17, 15) is 9.59 Å². The van der Waals surface area contributed by atoms with E-state index < -0.39 is 11.6 Å². The number of Topliss-reactive ketones (excluding diaryl/α,β-unsaturated/α-hetero) is 2. The van der Waals surface area contributed by atoms with Crippen LogP contribution in [0, 0.1) is 0 Å². The van der Waals surface area contributed by atoms with Crippen molar-refractivity contribution in [3.8, 4) is 11.3 Å². The van der Waals surface area contributed by atoms with E-state index in [1.807, 2.05) is 28.8 Å². The molecule has 3 aromatic rings. The number of hydrogen-bond acceptors (Lipinski definition) is 7. The molecule has 0 N–H and O–H groups in total. The van der Waals surface area contributed by atoms with Gasteiger partial charge in [0.25, 0.3) is 0 Å². The Morgan fingerprint density at radius 2 is 1.92 bits per heavy atom. The van der Waals surface area contributed by atoms with Crippen molar-refractivity contribution in [2.45, 2.75) is 6.54 Å². The quantitative estimate of drug-likeness (QED) is 0.661. The second-order valence-corrected chi connectivity index (χ2v) is 6.85. The molecule has 2 aliphatic rings. The van der Waals surface area contributed by atoms with Crippen LogP contribution in [-0.4, -0.2) is 32.4 Å². The minimum atomic E-state index is -0.535. The van der Waals surface area contributed by atoms with Gasteiger partial charge in [0, 0.05) is 17.3 Å². The number of aromatic nitrogens is 3. The smallest absolute Gasteiger partial charge is 0.237 e. The molecule has 0 amide bonds. The van der Waals surface area contributed by atoms with Crippen LogP contribution in [0.1, 0.15) is 26.5 Å². The zero-order valence-electron chi connectivity index (χ0n) is 13.5. The van der Waals surface area contributed by atoms with Gasteiger partial charge in [-0.15, -0.1) is 16.9 Å². The predicted molar refractivity (Wildman–Crippen MR) is 96.0 cm³/mol. The van der Waals surface area contributed by atoms with Gasteiger partial charge < -0.3 is 9.32 Å². The Hall–Kier alpha value is -3.13. The molecule has 7 nitrogen and oxygen atoms in total. The molecule has 26 heavy (non-hydrogen) atoms. The first kappa shape index (κ1) is 15.2. The summed E-state index contributed by atoms with van der Waals surface area (Å²) < 4.78 is 7.54. The molecule has 0 atom stereocenters. The highest BCUT2D eigenvalue weighted by Gasteiger charge is 2.33. The van der Waals surface area contributed by atoms with Gasteiger partial charge in [0.2, 0.25) is 11.6 Å². The van der Waals surface area contributed by atoms with Gasteiger partial charge >= 0.3 is 0 Å². The van der Waals surface area contributed by atoms with Gasteiger partial charge in [0.15, 0.2) is 5.82 Å². The van der Waals surface area contributed by atoms with Gasteiger partial charge in [0.1, 0.15) is 18.1 Å². The van der Waals surface area contributed by atoms with Gasteiger partial charge in [-0.25, -0.2) is 4.68 Å². The molecule has 1 aromatic carbocycles. The lowest BCUT2D eigenvalue weighted by atomic mass is 9.89. The number of nitrogens with zero attached hydrogens (tertiary/aromatic N) is 4. The largest absolute Gasteiger partial charge is 0.458 e. The van der Waals surface area contributed by atoms with E-state index in [-0.39, 0.29) is 0 Å². The summed E-state index contributed by atoms with van der Waals surface area (Å²) in [5.74, 6) is 1.52. The standard InChI is InChI=1S/C18H12N4O3S/c23-16-12-3-1-2-4-13(12)18-14(17(16)24)7-11(25-18)8-22-9-15(19-20-22)21-5-6-26-10-21/h1-7,9H,8,10H2. The first-order valence-electron chi connectivity index (χ1n) is 7.97. The van der Waals surface area contributed by atoms with E-state index >= 15 is 0 Å². The lowest BCUT2D eigenvalue weighted by Gasteiger charge is -2.12. The highest BCUT2D eigenvalue weighted by Crippen LogP contribution is 2.35. The van der Waals surface area contributed by atoms with Crippen LogP contribution < -0.4 is 4.90 Å². The third-order valence-corrected chi connectivity index (χ3v) is 5.08. The van der Waals surface area contributed by atoms with Crippen LogP contribution in [0.5, 0.6) is 0 Å². The summed E-state index contributed by atoms with van der Waals surface area (Å²) >= 11 is 1.68. The van der Waals surface area contributed by atoms with Crippen molar-refractivity contribution >= 4 is 29.1 Å². The molecule has 1 aliphatic heterocycles. The maximum absolute atomic E-state index is 12.4. The average molecular weight is 364 g/mol. The second kappa shape index (κ2) is 5.70. The predicted octanol–water partition coefficient (Wildman–Crippen LogP) is 2.95. The van der Waals surface area contributed by atoms with Gasteiger partial charge in [-0.3, -0.25) is 9.59 Å². The van der Waals surface area contributed by atoms with Crippen LogP contribution in [-0.2, 0) is 6.54 Å². The number of hydrogen-bond donors (Lipinski definition) is 0. The van der Waals surface area contributed by atoms with E-state index in [4.69, 9.17) is 4.42 Å². The third-order valence-electron chi connectivity index (χ3n) is 4.34. The van der Waals surface area contributed by atoms with Crippen LogP contribution in [0.15, 0.2) is 52.6 Å². The third kappa shape index (κ3) is 2.30. The summed E-state index contributed by atoms with van der Waals surface area (Å²) in [5, 5.41) is 10.3. The fraction of sp³-hybridized carbons (Fsp3) is 0.111. The summed E-state index contributed by atoms with van der Waals surface area (Å²) in [7, 11) is 0. The molecule has 128 valence electrons. The van der Waals surface area contributed by atoms with Crippen LogP contribution in [0.4, 0.5) is 5.82 Å². The lowest BCUT2D eigenvalue weighted by molar-refractivity contribution is 0.0814. The molecule has 0 saturated heterocycles. The molecular formula is C18H12N4O3S. The Morgan fingerprint density at radius 1 is 1.12 bits per heavy atom. The number of rotatable bonds is 3. The topological polar surface area (TPSA) is 81.2 Å². The summed E-state index contributed by atoms with van der Waals surface area (Å²) in [5.41, 5.74) is 1.34. The molecule has 2 aromatic heterocycles. The maximum atomic E-state index is 12.4. The Balaban J connectivity index is 1.48. The fourth-order valence-corrected chi connectivity index (χ4v) is 3.79. The van der Waals surface area contributed by atoms with Crippen molar-refractivity contribution in [2.75, 3.05) is 10.8 Å². The number of thioether (sulfide) groups is 1. The number of benzene rings is 1. The molecule has 0 spiro atoms. The zero-order chi connectivity index (χ0) is 17.7. The van der Waals surface area contributed by atoms with Crippen LogP contribution in [0.3, 0.4) is 0 Å². The molecule has 5 rings (SSSR count). The molecule has 3 heterocycles. The number of anilines is 1. The molecule has 1 aliphatic carbocycles. The molecule has 0 bridgehead atoms. The summed E-state index contributed by atoms with van der Waals surface area (Å²) in [6, 6.07) is 8.61. The summed E-state index contributed by atoms with van der Waals surface area (Å²) in [6.07, 6.45) is 3.77. The zero-order valence-corrected chi connectivity index (χ0v) is 14.3. The molecule has 0 unspecified atom stereocenters. The van der Waals surface area contributed by atoms with Crippen molar-refractivity contribution in [3.63, 3.8) is 0 Å². The van der Waals surface area contributed by atoms with Gasteiger partial charge in [0.05, 0.1) is 17.6 Å². The fourth-order valence-electron chi connectivity index (χ4n) is 3.09. The molecule has 0 radical (unpaired) electrons. The molecule has 0 fully saturated rings. The SMILES string of the molecule is O=C1C(=O)c2cc(Cn3cc(N4C=CSC4)nn3)oc2-c2ccccc21. The number of fused-ring (bicyclic) bond motifs is 3. The Morgan fingerprint density at radius 3 is 2.73 bits per heavy atom. The molecule has 8 heteroatoms. The lowest BCUT2D eigenvalue weighted by Crippen LogP contribution is -2.19. The Labute approximate surface area is 152 Å². The highest BCUT2D eigenvalue weighted by atomic mass is 32.2. The minimum Gasteiger partial charge on any atom is -0.458 e. The number of furan rings is 1. The maximum Gasteiger partial charge on any atom is 0.237 e. The van der Waals surface area contributed by atoms with E-state index in [2.05, 4.69) is 10.3 Å². The van der Waals surface area contributed by atoms with Crippen molar-refractivity contribution in [1.29, 1.82) is 0 Å². The number of carbonyl (C=O) groups is 2. The van der Waals surface area contributed by atoms with E-state index in [1.165, 1.54) is 0 Å². The van der Waals surface area contributed by atoms with Crippen molar-refractivity contribution in [3.05, 3.63) is 65.0 Å². The van der Waals surface area contributed by atoms with Crippen LogP contribution >= 0.6 is 11.8 Å².